The van der Waals surface area contributed by atoms with E-state index in [0.29, 0.717) is 19.4 Å². The fraction of sp³-hybridized carbons (Fsp3) is 0.722. The molecule has 9 nitrogen and oxygen atoms in total. The molecule has 1 aliphatic carbocycles. The zero-order valence-corrected chi connectivity index (χ0v) is 15.7. The summed E-state index contributed by atoms with van der Waals surface area (Å²) >= 11 is 0. The third kappa shape index (κ3) is 4.84. The van der Waals surface area contributed by atoms with E-state index in [0.717, 1.165) is 0 Å². The van der Waals surface area contributed by atoms with Crippen LogP contribution in [0.25, 0.3) is 0 Å². The molecule has 1 heterocycles. The van der Waals surface area contributed by atoms with Crippen molar-refractivity contribution in [3.05, 3.63) is 0 Å². The minimum Gasteiger partial charge on any atom is -0.481 e. The first kappa shape index (κ1) is 20.9. The molecule has 3 atom stereocenters. The summed E-state index contributed by atoms with van der Waals surface area (Å²) in [5, 5.41) is 11.6. The van der Waals surface area contributed by atoms with E-state index in [4.69, 9.17) is 10.8 Å². The minimum absolute atomic E-state index is 0.0121. The number of rotatable bonds is 7. The van der Waals surface area contributed by atoms with Gasteiger partial charge in [0.2, 0.25) is 17.7 Å². The summed E-state index contributed by atoms with van der Waals surface area (Å²) in [6, 6.07) is -1.81. The number of carboxylic acids is 1. The number of carbonyl (C=O) groups excluding carboxylic acids is 4. The fourth-order valence-corrected chi connectivity index (χ4v) is 3.98. The first-order valence-corrected chi connectivity index (χ1v) is 9.16. The Morgan fingerprint density at radius 1 is 1.33 bits per heavy atom. The standard InChI is InChI=1S/C18H27N3O6/c1-18(2)9-10(22)8-11(18)16(26)20-12(5-6-14(23)24)17(27)21-7-3-4-13(21)15(19)25/h11-13H,3-9H2,1-2H3,(H2,19,25)(H,20,26)(H,23,24)/t11?,12-,13-/m0/s1. The number of nitrogens with two attached hydrogens (primary N) is 1. The van der Waals surface area contributed by atoms with Gasteiger partial charge in [-0.05, 0) is 24.7 Å². The van der Waals surface area contributed by atoms with Crippen molar-refractivity contribution in [2.45, 2.75) is 64.5 Å². The van der Waals surface area contributed by atoms with Crippen LogP contribution in [0.15, 0.2) is 0 Å². The molecule has 0 aromatic rings. The average molecular weight is 381 g/mol. The molecule has 0 bridgehead atoms. The number of primary amides is 1. The Morgan fingerprint density at radius 3 is 2.52 bits per heavy atom. The van der Waals surface area contributed by atoms with E-state index in [9.17, 15) is 24.0 Å². The van der Waals surface area contributed by atoms with Crippen LogP contribution in [0, 0.1) is 11.3 Å². The number of likely N-dealkylation sites (tertiary alicyclic amines) is 1. The monoisotopic (exact) mass is 381 g/mol. The van der Waals surface area contributed by atoms with Gasteiger partial charge in [0.1, 0.15) is 17.9 Å². The molecule has 0 aromatic carbocycles. The zero-order chi connectivity index (χ0) is 20.4. The Labute approximate surface area is 157 Å². The number of carboxylic acid groups (broad SMARTS) is 1. The van der Waals surface area contributed by atoms with Crippen molar-refractivity contribution in [3.8, 4) is 0 Å². The summed E-state index contributed by atoms with van der Waals surface area (Å²) in [5.41, 5.74) is 4.83. The van der Waals surface area contributed by atoms with Gasteiger partial charge < -0.3 is 21.1 Å². The molecule has 1 unspecified atom stereocenters. The topological polar surface area (TPSA) is 147 Å². The molecule has 0 radical (unpaired) electrons. The maximum absolute atomic E-state index is 12.9. The van der Waals surface area contributed by atoms with Crippen molar-refractivity contribution < 1.29 is 29.1 Å². The van der Waals surface area contributed by atoms with Crippen molar-refractivity contribution >= 4 is 29.5 Å². The third-order valence-corrected chi connectivity index (χ3v) is 5.47. The second-order valence-corrected chi connectivity index (χ2v) is 8.05. The second kappa shape index (κ2) is 8.06. The van der Waals surface area contributed by atoms with Crippen LogP contribution in [0.2, 0.25) is 0 Å². The first-order valence-electron chi connectivity index (χ1n) is 9.16. The van der Waals surface area contributed by atoms with Crippen molar-refractivity contribution in [3.63, 3.8) is 0 Å². The van der Waals surface area contributed by atoms with Gasteiger partial charge in [-0.25, -0.2) is 0 Å². The number of Topliss-reactive ketones (excluding diaryl/α,β-unsaturated/α-hetero) is 1. The van der Waals surface area contributed by atoms with E-state index in [1.165, 1.54) is 4.90 Å². The smallest absolute Gasteiger partial charge is 0.303 e. The first-order chi connectivity index (χ1) is 12.5. The van der Waals surface area contributed by atoms with Gasteiger partial charge in [-0.2, -0.15) is 0 Å². The Hall–Kier alpha value is -2.45. The molecule has 1 saturated carbocycles. The lowest BCUT2D eigenvalue weighted by Crippen LogP contribution is -2.54. The van der Waals surface area contributed by atoms with Gasteiger partial charge in [-0.3, -0.25) is 24.0 Å². The summed E-state index contributed by atoms with van der Waals surface area (Å²) in [6.07, 6.45) is 1.05. The van der Waals surface area contributed by atoms with Crippen LogP contribution in [0.3, 0.4) is 0 Å². The van der Waals surface area contributed by atoms with Crippen LogP contribution in [-0.4, -0.2) is 58.1 Å². The van der Waals surface area contributed by atoms with E-state index in [1.54, 1.807) is 0 Å². The van der Waals surface area contributed by atoms with E-state index >= 15 is 0 Å². The van der Waals surface area contributed by atoms with Crippen LogP contribution >= 0.6 is 0 Å². The molecule has 2 fully saturated rings. The summed E-state index contributed by atoms with van der Waals surface area (Å²) in [4.78, 5) is 61.2. The largest absolute Gasteiger partial charge is 0.481 e. The highest BCUT2D eigenvalue weighted by Gasteiger charge is 2.45. The Balaban J connectivity index is 2.15. The molecular formula is C18H27N3O6. The third-order valence-electron chi connectivity index (χ3n) is 5.47. The summed E-state index contributed by atoms with van der Waals surface area (Å²) in [6.45, 7) is 3.97. The molecule has 1 saturated heterocycles. The highest BCUT2D eigenvalue weighted by Crippen LogP contribution is 2.40. The minimum atomic E-state index is -1.09. The fourth-order valence-electron chi connectivity index (χ4n) is 3.98. The van der Waals surface area contributed by atoms with Gasteiger partial charge in [0.05, 0.1) is 5.92 Å². The number of aliphatic carboxylic acids is 1. The van der Waals surface area contributed by atoms with Crippen LogP contribution in [0.5, 0.6) is 0 Å². The van der Waals surface area contributed by atoms with Crippen molar-refractivity contribution in [1.29, 1.82) is 0 Å². The summed E-state index contributed by atoms with van der Waals surface area (Å²) in [5.74, 6) is -3.24. The normalized spacial score (nSPS) is 25.3. The van der Waals surface area contributed by atoms with Gasteiger partial charge in [-0.15, -0.1) is 0 Å². The molecule has 0 aromatic heterocycles. The lowest BCUT2D eigenvalue weighted by atomic mass is 9.81. The van der Waals surface area contributed by atoms with Crippen LogP contribution < -0.4 is 11.1 Å². The highest BCUT2D eigenvalue weighted by atomic mass is 16.4. The lowest BCUT2D eigenvalue weighted by molar-refractivity contribution is -0.143. The molecular weight excluding hydrogens is 354 g/mol. The molecule has 4 N–H and O–H groups in total. The number of ketones is 1. The number of carbonyl (C=O) groups is 5. The quantitative estimate of drug-likeness (QED) is 0.557. The van der Waals surface area contributed by atoms with E-state index < -0.39 is 47.1 Å². The number of nitrogens with zero attached hydrogens (tertiary/aromatic N) is 1. The second-order valence-electron chi connectivity index (χ2n) is 8.05. The van der Waals surface area contributed by atoms with Gasteiger partial charge in [-0.1, -0.05) is 13.8 Å². The van der Waals surface area contributed by atoms with E-state index in [1.807, 2.05) is 13.8 Å². The van der Waals surface area contributed by atoms with Gasteiger partial charge >= 0.3 is 5.97 Å². The Kier molecular flexibility index (Phi) is 6.22. The molecule has 3 amide bonds. The SMILES string of the molecule is CC1(C)CC(=O)CC1C(=O)N[C@@H](CCC(=O)O)C(=O)N1CCC[C@H]1C(N)=O. The maximum atomic E-state index is 12.9. The molecule has 27 heavy (non-hydrogen) atoms. The summed E-state index contributed by atoms with van der Waals surface area (Å²) < 4.78 is 0. The van der Waals surface area contributed by atoms with Crippen molar-refractivity contribution in [2.75, 3.05) is 6.54 Å². The van der Waals surface area contributed by atoms with Crippen molar-refractivity contribution in [1.82, 2.24) is 10.2 Å². The van der Waals surface area contributed by atoms with Crippen LogP contribution in [0.4, 0.5) is 0 Å². The summed E-state index contributed by atoms with van der Waals surface area (Å²) in [7, 11) is 0. The molecule has 150 valence electrons. The number of hydrogen-bond acceptors (Lipinski definition) is 5. The molecule has 2 aliphatic rings. The predicted octanol–water partition coefficient (Wildman–Crippen LogP) is -0.182. The lowest BCUT2D eigenvalue weighted by Gasteiger charge is -2.30. The number of amides is 3. The van der Waals surface area contributed by atoms with Gasteiger partial charge in [0, 0.05) is 25.8 Å². The zero-order valence-electron chi connectivity index (χ0n) is 15.7. The molecule has 2 rings (SSSR count). The van der Waals surface area contributed by atoms with E-state index in [2.05, 4.69) is 5.32 Å². The molecule has 1 aliphatic heterocycles. The number of hydrogen-bond donors (Lipinski definition) is 3. The van der Waals surface area contributed by atoms with Gasteiger partial charge in [0.15, 0.2) is 0 Å². The molecule has 0 spiro atoms. The number of nitrogens with one attached hydrogen (secondary N) is 1. The highest BCUT2D eigenvalue weighted by molar-refractivity contribution is 5.95. The predicted molar refractivity (Wildman–Crippen MR) is 94.2 cm³/mol. The van der Waals surface area contributed by atoms with Crippen molar-refractivity contribution in [2.24, 2.45) is 17.1 Å². The van der Waals surface area contributed by atoms with Crippen LogP contribution in [0.1, 0.15) is 52.4 Å². The average Bonchev–Trinajstić information content (AvgIpc) is 3.14. The van der Waals surface area contributed by atoms with E-state index in [-0.39, 0.29) is 31.5 Å². The Morgan fingerprint density at radius 2 is 2.00 bits per heavy atom. The van der Waals surface area contributed by atoms with Gasteiger partial charge in [0.25, 0.3) is 0 Å². The molecule has 9 heteroatoms. The van der Waals surface area contributed by atoms with Crippen LogP contribution in [-0.2, 0) is 24.0 Å². The Bertz CT molecular complexity index is 659. The maximum Gasteiger partial charge on any atom is 0.303 e.